The van der Waals surface area contributed by atoms with Gasteiger partial charge in [0.25, 0.3) is 5.91 Å². The fourth-order valence-electron chi connectivity index (χ4n) is 3.49. The summed E-state index contributed by atoms with van der Waals surface area (Å²) in [5.74, 6) is -0.223. The third kappa shape index (κ3) is 5.45. The number of benzene rings is 1. The third-order valence-electron chi connectivity index (χ3n) is 4.75. The van der Waals surface area contributed by atoms with Gasteiger partial charge in [-0.25, -0.2) is 4.79 Å². The normalized spacial score (nSPS) is 16.5. The zero-order valence-electron chi connectivity index (χ0n) is 16.8. The number of amides is 1. The fourth-order valence-corrected chi connectivity index (χ4v) is 3.49. The van der Waals surface area contributed by atoms with Crippen molar-refractivity contribution in [3.05, 3.63) is 23.8 Å². The summed E-state index contributed by atoms with van der Waals surface area (Å²) in [5.41, 5.74) is 0.0132. The first-order valence-corrected chi connectivity index (χ1v) is 9.76. The highest BCUT2D eigenvalue weighted by atomic mass is 16.5. The van der Waals surface area contributed by atoms with Crippen molar-refractivity contribution in [2.45, 2.75) is 71.0 Å². The Morgan fingerprint density at radius 3 is 2.37 bits per heavy atom. The maximum absolute atomic E-state index is 13.1. The van der Waals surface area contributed by atoms with E-state index in [0.29, 0.717) is 30.9 Å². The molecule has 1 amide bonds. The van der Waals surface area contributed by atoms with Crippen molar-refractivity contribution in [1.82, 2.24) is 0 Å². The van der Waals surface area contributed by atoms with E-state index in [1.54, 1.807) is 18.2 Å². The highest BCUT2D eigenvalue weighted by Gasteiger charge is 2.39. The summed E-state index contributed by atoms with van der Waals surface area (Å²) in [7, 11) is 1.32. The minimum atomic E-state index is -0.802. The van der Waals surface area contributed by atoms with Crippen LogP contribution in [0, 0.1) is 0 Å². The van der Waals surface area contributed by atoms with E-state index < -0.39 is 11.6 Å². The lowest BCUT2D eigenvalue weighted by Gasteiger charge is -2.31. The maximum Gasteiger partial charge on any atom is 0.341 e. The van der Waals surface area contributed by atoms with Gasteiger partial charge in [-0.1, -0.05) is 25.7 Å². The van der Waals surface area contributed by atoms with E-state index in [2.05, 4.69) is 5.32 Å². The van der Waals surface area contributed by atoms with Crippen molar-refractivity contribution in [1.29, 1.82) is 0 Å². The zero-order valence-corrected chi connectivity index (χ0v) is 16.8. The van der Waals surface area contributed by atoms with E-state index in [-0.39, 0.29) is 17.6 Å². The topological polar surface area (TPSA) is 73.9 Å². The van der Waals surface area contributed by atoms with E-state index in [1.807, 2.05) is 20.8 Å². The summed E-state index contributed by atoms with van der Waals surface area (Å²) >= 11 is 0. The van der Waals surface area contributed by atoms with E-state index >= 15 is 0 Å². The number of hydrogen-bond acceptors (Lipinski definition) is 5. The Labute approximate surface area is 161 Å². The summed E-state index contributed by atoms with van der Waals surface area (Å²) in [6, 6.07) is 5.01. The molecule has 6 heteroatoms. The van der Waals surface area contributed by atoms with E-state index in [4.69, 9.17) is 14.2 Å². The van der Waals surface area contributed by atoms with Crippen molar-refractivity contribution < 1.29 is 23.8 Å². The highest BCUT2D eigenvalue weighted by Crippen LogP contribution is 2.33. The van der Waals surface area contributed by atoms with Gasteiger partial charge in [-0.05, 0) is 51.8 Å². The smallest absolute Gasteiger partial charge is 0.341 e. The summed E-state index contributed by atoms with van der Waals surface area (Å²) in [6.07, 6.45) is 5.53. The van der Waals surface area contributed by atoms with Crippen LogP contribution in [0.25, 0.3) is 0 Å². The molecule has 0 unspecified atom stereocenters. The molecule has 0 aliphatic heterocycles. The van der Waals surface area contributed by atoms with Gasteiger partial charge in [-0.2, -0.15) is 0 Å². The molecule has 0 aromatic heterocycles. The first-order chi connectivity index (χ1) is 12.9. The van der Waals surface area contributed by atoms with Gasteiger partial charge in [-0.15, -0.1) is 0 Å². The molecule has 0 atom stereocenters. The average molecular weight is 377 g/mol. The van der Waals surface area contributed by atoms with Crippen LogP contribution in [0.3, 0.4) is 0 Å². The molecular formula is C21H31NO5. The van der Waals surface area contributed by atoms with Crippen LogP contribution in [0.15, 0.2) is 18.2 Å². The molecule has 1 fully saturated rings. The second-order valence-electron chi connectivity index (χ2n) is 7.16. The molecule has 2 rings (SSSR count). The average Bonchev–Trinajstić information content (AvgIpc) is 2.88. The number of esters is 1. The SMILES string of the molecule is CCOC1(C(=O)Nc2ccc(OC(C)C)c(C(=O)OC)c2)CCCCCC1. The minimum absolute atomic E-state index is 0.0824. The van der Waals surface area contributed by atoms with Crippen LogP contribution in [0.5, 0.6) is 5.75 Å². The molecule has 0 spiro atoms. The Morgan fingerprint density at radius 1 is 1.15 bits per heavy atom. The molecule has 0 heterocycles. The van der Waals surface area contributed by atoms with Crippen molar-refractivity contribution in [3.8, 4) is 5.75 Å². The molecule has 1 N–H and O–H groups in total. The lowest BCUT2D eigenvalue weighted by molar-refractivity contribution is -0.143. The zero-order chi connectivity index (χ0) is 19.9. The number of hydrogen-bond donors (Lipinski definition) is 1. The number of carbonyl (C=O) groups excluding carboxylic acids is 2. The summed E-state index contributed by atoms with van der Waals surface area (Å²) in [4.78, 5) is 25.2. The number of nitrogens with one attached hydrogen (secondary N) is 1. The lowest BCUT2D eigenvalue weighted by Crippen LogP contribution is -2.45. The van der Waals surface area contributed by atoms with Crippen LogP contribution >= 0.6 is 0 Å². The van der Waals surface area contributed by atoms with Gasteiger partial charge in [-0.3, -0.25) is 4.79 Å². The van der Waals surface area contributed by atoms with Gasteiger partial charge >= 0.3 is 5.97 Å². The first kappa shape index (κ1) is 21.2. The highest BCUT2D eigenvalue weighted by molar-refractivity contribution is 5.99. The number of methoxy groups -OCH3 is 1. The first-order valence-electron chi connectivity index (χ1n) is 9.76. The second kappa shape index (κ2) is 9.74. The van der Waals surface area contributed by atoms with Gasteiger partial charge in [0.05, 0.1) is 13.2 Å². The fraction of sp³-hybridized carbons (Fsp3) is 0.619. The van der Waals surface area contributed by atoms with Crippen molar-refractivity contribution >= 4 is 17.6 Å². The molecule has 1 aromatic carbocycles. The number of ether oxygens (including phenoxy) is 3. The van der Waals surface area contributed by atoms with Crippen LogP contribution in [0.1, 0.15) is 69.7 Å². The van der Waals surface area contributed by atoms with Gasteiger partial charge in [0, 0.05) is 12.3 Å². The lowest BCUT2D eigenvalue weighted by atomic mass is 9.92. The van der Waals surface area contributed by atoms with Gasteiger partial charge in [0.1, 0.15) is 16.9 Å². The molecule has 1 aliphatic rings. The van der Waals surface area contributed by atoms with Crippen LogP contribution in [0.4, 0.5) is 5.69 Å². The second-order valence-corrected chi connectivity index (χ2v) is 7.16. The minimum Gasteiger partial charge on any atom is -0.490 e. The van der Waals surface area contributed by atoms with Crippen molar-refractivity contribution in [2.75, 3.05) is 19.0 Å². The molecule has 1 saturated carbocycles. The molecule has 0 radical (unpaired) electrons. The van der Waals surface area contributed by atoms with Crippen LogP contribution in [-0.2, 0) is 14.3 Å². The summed E-state index contributed by atoms with van der Waals surface area (Å²) in [5, 5.41) is 2.94. The summed E-state index contributed by atoms with van der Waals surface area (Å²) in [6.45, 7) is 6.17. The molecule has 6 nitrogen and oxygen atoms in total. The molecule has 150 valence electrons. The molecule has 1 aliphatic carbocycles. The largest absolute Gasteiger partial charge is 0.490 e. The summed E-state index contributed by atoms with van der Waals surface area (Å²) < 4.78 is 16.5. The van der Waals surface area contributed by atoms with Gasteiger partial charge in [0.2, 0.25) is 0 Å². The number of anilines is 1. The van der Waals surface area contributed by atoms with Crippen LogP contribution in [-0.4, -0.2) is 37.3 Å². The van der Waals surface area contributed by atoms with Crippen molar-refractivity contribution in [3.63, 3.8) is 0 Å². The number of carbonyl (C=O) groups is 2. The maximum atomic E-state index is 13.1. The Morgan fingerprint density at radius 2 is 1.81 bits per heavy atom. The van der Waals surface area contributed by atoms with Gasteiger partial charge in [0.15, 0.2) is 0 Å². The standard InChI is InChI=1S/C21H31NO5/c1-5-26-21(12-8-6-7-9-13-21)20(24)22-16-10-11-18(27-15(2)3)17(14-16)19(23)25-4/h10-11,14-15H,5-9,12-13H2,1-4H3,(H,22,24). The molecule has 27 heavy (non-hydrogen) atoms. The van der Waals surface area contributed by atoms with E-state index in [0.717, 1.165) is 25.7 Å². The Hall–Kier alpha value is -2.08. The van der Waals surface area contributed by atoms with E-state index in [1.165, 1.54) is 7.11 Å². The number of rotatable bonds is 7. The Bertz CT molecular complexity index is 648. The third-order valence-corrected chi connectivity index (χ3v) is 4.75. The quantitative estimate of drug-likeness (QED) is 0.565. The Balaban J connectivity index is 2.26. The predicted molar refractivity (Wildman–Crippen MR) is 104 cm³/mol. The molecule has 1 aromatic rings. The molecular weight excluding hydrogens is 346 g/mol. The van der Waals surface area contributed by atoms with Crippen LogP contribution in [0.2, 0.25) is 0 Å². The van der Waals surface area contributed by atoms with Crippen LogP contribution < -0.4 is 10.1 Å². The molecule has 0 bridgehead atoms. The predicted octanol–water partition coefficient (Wildman–Crippen LogP) is 4.33. The van der Waals surface area contributed by atoms with E-state index in [9.17, 15) is 9.59 Å². The monoisotopic (exact) mass is 377 g/mol. The van der Waals surface area contributed by atoms with Crippen molar-refractivity contribution in [2.24, 2.45) is 0 Å². The Kier molecular flexibility index (Phi) is 7.66. The van der Waals surface area contributed by atoms with Gasteiger partial charge < -0.3 is 19.5 Å². The molecule has 0 saturated heterocycles.